The van der Waals surface area contributed by atoms with Crippen LogP contribution in [0.25, 0.3) is 0 Å². The molecule has 1 saturated heterocycles. The van der Waals surface area contributed by atoms with Crippen LogP contribution in [0.15, 0.2) is 18.2 Å². The third-order valence-electron chi connectivity index (χ3n) is 3.30. The van der Waals surface area contributed by atoms with Gasteiger partial charge in [-0.2, -0.15) is 0 Å². The zero-order valence-corrected chi connectivity index (χ0v) is 14.1. The van der Waals surface area contributed by atoms with E-state index in [-0.39, 0.29) is 24.4 Å². The van der Waals surface area contributed by atoms with Crippen LogP contribution in [0.4, 0.5) is 0 Å². The van der Waals surface area contributed by atoms with Crippen LogP contribution in [0.2, 0.25) is 10.0 Å². The minimum absolute atomic E-state index is 0. The lowest BCUT2D eigenvalue weighted by molar-refractivity contribution is -0.134. The van der Waals surface area contributed by atoms with Crippen LogP contribution < -0.4 is 10.1 Å². The van der Waals surface area contributed by atoms with E-state index in [9.17, 15) is 4.79 Å². The molecule has 1 fully saturated rings. The molecule has 1 aromatic rings. The fourth-order valence-corrected chi connectivity index (χ4v) is 2.47. The van der Waals surface area contributed by atoms with E-state index in [4.69, 9.17) is 27.9 Å². The number of halogens is 3. The van der Waals surface area contributed by atoms with Crippen molar-refractivity contribution < 1.29 is 9.53 Å². The standard InChI is InChI=1S/C14H18Cl2N2O2.ClH/c1-10-9-17-5-6-18(10)14(19)4-7-20-11-2-3-12(15)13(16)8-11;/h2-3,8,10,17H,4-7,9H2,1H3;1H/t10-;/m1./s1. The number of rotatable bonds is 4. The third-order valence-corrected chi connectivity index (χ3v) is 4.04. The number of hydrogen-bond donors (Lipinski definition) is 1. The highest BCUT2D eigenvalue weighted by Crippen LogP contribution is 2.26. The summed E-state index contributed by atoms with van der Waals surface area (Å²) in [6, 6.07) is 5.31. The largest absolute Gasteiger partial charge is 0.493 e. The molecule has 1 aliphatic heterocycles. The van der Waals surface area contributed by atoms with Gasteiger partial charge in [-0.1, -0.05) is 23.2 Å². The molecule has 118 valence electrons. The van der Waals surface area contributed by atoms with Crippen molar-refractivity contribution in [2.45, 2.75) is 19.4 Å². The minimum atomic E-state index is 0. The molecule has 0 unspecified atom stereocenters. The Balaban J connectivity index is 0.00000220. The third kappa shape index (κ3) is 5.22. The van der Waals surface area contributed by atoms with Gasteiger partial charge >= 0.3 is 0 Å². The summed E-state index contributed by atoms with van der Waals surface area (Å²) in [5, 5.41) is 4.20. The lowest BCUT2D eigenvalue weighted by Gasteiger charge is -2.34. The summed E-state index contributed by atoms with van der Waals surface area (Å²) < 4.78 is 5.53. The van der Waals surface area contributed by atoms with Gasteiger partial charge in [-0.15, -0.1) is 12.4 Å². The molecule has 1 N–H and O–H groups in total. The average molecular weight is 354 g/mol. The molecule has 1 atom stereocenters. The van der Waals surface area contributed by atoms with Gasteiger partial charge in [0.2, 0.25) is 5.91 Å². The Morgan fingerprint density at radius 2 is 2.19 bits per heavy atom. The van der Waals surface area contributed by atoms with Crippen molar-refractivity contribution in [3.05, 3.63) is 28.2 Å². The summed E-state index contributed by atoms with van der Waals surface area (Å²) in [4.78, 5) is 14.0. The average Bonchev–Trinajstić information content (AvgIpc) is 2.43. The summed E-state index contributed by atoms with van der Waals surface area (Å²) in [7, 11) is 0. The van der Waals surface area contributed by atoms with Gasteiger partial charge in [0.1, 0.15) is 5.75 Å². The lowest BCUT2D eigenvalue weighted by atomic mass is 10.2. The number of nitrogens with zero attached hydrogens (tertiary/aromatic N) is 1. The summed E-state index contributed by atoms with van der Waals surface area (Å²) in [6.07, 6.45) is 0.366. The molecule has 2 rings (SSSR count). The van der Waals surface area contributed by atoms with Gasteiger partial charge in [0.15, 0.2) is 0 Å². The zero-order valence-electron chi connectivity index (χ0n) is 11.8. The molecule has 1 aromatic carbocycles. The first-order valence-electron chi connectivity index (χ1n) is 6.66. The second kappa shape index (κ2) is 8.69. The fraction of sp³-hybridized carbons (Fsp3) is 0.500. The van der Waals surface area contributed by atoms with Crippen LogP contribution in [-0.4, -0.2) is 43.1 Å². The molecule has 0 aromatic heterocycles. The van der Waals surface area contributed by atoms with Gasteiger partial charge < -0.3 is 15.0 Å². The van der Waals surface area contributed by atoms with E-state index in [0.717, 1.165) is 19.6 Å². The SMILES string of the molecule is C[C@@H]1CNCCN1C(=O)CCOc1ccc(Cl)c(Cl)c1.Cl. The Kier molecular flexibility index (Phi) is 7.60. The summed E-state index contributed by atoms with van der Waals surface area (Å²) in [5.74, 6) is 0.750. The first kappa shape index (κ1) is 18.4. The molecule has 0 bridgehead atoms. The fourth-order valence-electron chi connectivity index (χ4n) is 2.18. The van der Waals surface area contributed by atoms with E-state index in [1.165, 1.54) is 0 Å². The van der Waals surface area contributed by atoms with Crippen molar-refractivity contribution in [2.75, 3.05) is 26.2 Å². The highest BCUT2D eigenvalue weighted by Gasteiger charge is 2.22. The van der Waals surface area contributed by atoms with E-state index in [1.807, 2.05) is 11.8 Å². The number of carbonyl (C=O) groups excluding carboxylic acids is 1. The van der Waals surface area contributed by atoms with Crippen LogP contribution in [0.3, 0.4) is 0 Å². The maximum Gasteiger partial charge on any atom is 0.226 e. The summed E-state index contributed by atoms with van der Waals surface area (Å²) in [5.41, 5.74) is 0. The molecule has 0 spiro atoms. The number of nitrogens with one attached hydrogen (secondary N) is 1. The van der Waals surface area contributed by atoms with E-state index in [2.05, 4.69) is 5.32 Å². The molecule has 0 saturated carbocycles. The van der Waals surface area contributed by atoms with Crippen LogP contribution in [0.5, 0.6) is 5.75 Å². The highest BCUT2D eigenvalue weighted by atomic mass is 35.5. The lowest BCUT2D eigenvalue weighted by Crippen LogP contribution is -2.52. The predicted octanol–water partition coefficient (Wildman–Crippen LogP) is 3.00. The smallest absolute Gasteiger partial charge is 0.226 e. The molecule has 4 nitrogen and oxygen atoms in total. The quantitative estimate of drug-likeness (QED) is 0.905. The minimum Gasteiger partial charge on any atom is -0.493 e. The second-order valence-corrected chi connectivity index (χ2v) is 5.63. The number of piperazine rings is 1. The Morgan fingerprint density at radius 3 is 2.86 bits per heavy atom. The second-order valence-electron chi connectivity index (χ2n) is 4.81. The molecule has 21 heavy (non-hydrogen) atoms. The van der Waals surface area contributed by atoms with Gasteiger partial charge in [0.05, 0.1) is 23.1 Å². The Labute approximate surface area is 141 Å². The maximum absolute atomic E-state index is 12.1. The van der Waals surface area contributed by atoms with E-state index < -0.39 is 0 Å². The Bertz CT molecular complexity index is 485. The van der Waals surface area contributed by atoms with Gasteiger partial charge in [-0.05, 0) is 19.1 Å². The van der Waals surface area contributed by atoms with Crippen LogP contribution in [-0.2, 0) is 4.79 Å². The van der Waals surface area contributed by atoms with Crippen LogP contribution >= 0.6 is 35.6 Å². The first-order valence-corrected chi connectivity index (χ1v) is 7.41. The van der Waals surface area contributed by atoms with Crippen molar-refractivity contribution in [1.29, 1.82) is 0 Å². The van der Waals surface area contributed by atoms with Crippen molar-refractivity contribution in [2.24, 2.45) is 0 Å². The summed E-state index contributed by atoms with van der Waals surface area (Å²) in [6.45, 7) is 4.84. The number of hydrogen-bond acceptors (Lipinski definition) is 3. The number of ether oxygens (including phenoxy) is 1. The van der Waals surface area contributed by atoms with E-state index in [0.29, 0.717) is 28.8 Å². The normalized spacial score (nSPS) is 18.0. The topological polar surface area (TPSA) is 41.6 Å². The van der Waals surface area contributed by atoms with Crippen molar-refractivity contribution >= 4 is 41.5 Å². The van der Waals surface area contributed by atoms with E-state index >= 15 is 0 Å². The molecular formula is C14H19Cl3N2O2. The molecule has 1 aliphatic rings. The van der Waals surface area contributed by atoms with Crippen LogP contribution in [0.1, 0.15) is 13.3 Å². The van der Waals surface area contributed by atoms with Gasteiger partial charge in [-0.3, -0.25) is 4.79 Å². The van der Waals surface area contributed by atoms with Crippen LogP contribution in [0, 0.1) is 0 Å². The number of amides is 1. The molecule has 7 heteroatoms. The predicted molar refractivity (Wildman–Crippen MR) is 87.9 cm³/mol. The van der Waals surface area contributed by atoms with Crippen molar-refractivity contribution in [1.82, 2.24) is 10.2 Å². The number of carbonyl (C=O) groups is 1. The highest BCUT2D eigenvalue weighted by molar-refractivity contribution is 6.42. The van der Waals surface area contributed by atoms with E-state index in [1.54, 1.807) is 18.2 Å². The van der Waals surface area contributed by atoms with Gasteiger partial charge in [0, 0.05) is 31.7 Å². The van der Waals surface area contributed by atoms with Crippen molar-refractivity contribution in [3.8, 4) is 5.75 Å². The Morgan fingerprint density at radius 1 is 1.43 bits per heavy atom. The molecule has 1 amide bonds. The van der Waals surface area contributed by atoms with Crippen molar-refractivity contribution in [3.63, 3.8) is 0 Å². The maximum atomic E-state index is 12.1. The van der Waals surface area contributed by atoms with Gasteiger partial charge in [0.25, 0.3) is 0 Å². The molecular weight excluding hydrogens is 335 g/mol. The summed E-state index contributed by atoms with van der Waals surface area (Å²) >= 11 is 11.7. The number of benzene rings is 1. The zero-order chi connectivity index (χ0) is 14.5. The Hall–Kier alpha value is -0.680. The first-order chi connectivity index (χ1) is 9.58. The molecule has 1 heterocycles. The molecule has 0 aliphatic carbocycles. The molecule has 0 radical (unpaired) electrons. The monoisotopic (exact) mass is 352 g/mol. The van der Waals surface area contributed by atoms with Gasteiger partial charge in [-0.25, -0.2) is 0 Å².